The molecule has 2 fully saturated rings. The summed E-state index contributed by atoms with van der Waals surface area (Å²) in [5.74, 6) is 4.09. The summed E-state index contributed by atoms with van der Waals surface area (Å²) in [6.07, 6.45) is 1.16. The van der Waals surface area contributed by atoms with Crippen LogP contribution in [0.15, 0.2) is 24.3 Å². The second-order valence-corrected chi connectivity index (χ2v) is 8.84. The van der Waals surface area contributed by atoms with Crippen LogP contribution in [0, 0.1) is 6.92 Å². The molecule has 8 heteroatoms. The molecule has 1 unspecified atom stereocenters. The van der Waals surface area contributed by atoms with Gasteiger partial charge in [0.1, 0.15) is 34.6 Å². The first-order valence-electron chi connectivity index (χ1n) is 10.9. The molecule has 31 heavy (non-hydrogen) atoms. The smallest absolute Gasteiger partial charge is 0.170 e. The number of aromatic nitrogens is 2. The highest BCUT2D eigenvalue weighted by Gasteiger charge is 2.46. The highest BCUT2D eigenvalue weighted by Crippen LogP contribution is 2.41. The zero-order valence-electron chi connectivity index (χ0n) is 18.4. The third-order valence-electron chi connectivity index (χ3n) is 6.57. The molecule has 5 rings (SSSR count). The Bertz CT molecular complexity index is 1000. The third kappa shape index (κ3) is 3.80. The number of ketones is 1. The molecule has 0 N–H and O–H groups in total. The number of anilines is 2. The number of methoxy groups -OCH3 is 1. The second kappa shape index (κ2) is 7.67. The van der Waals surface area contributed by atoms with E-state index in [1.165, 1.54) is 0 Å². The van der Waals surface area contributed by atoms with E-state index in [1.807, 2.05) is 19.1 Å². The largest absolute Gasteiger partial charge is 0.497 e. The normalized spacial score (nSPS) is 23.8. The van der Waals surface area contributed by atoms with Crippen molar-refractivity contribution in [2.45, 2.75) is 25.4 Å². The van der Waals surface area contributed by atoms with Crippen LogP contribution < -0.4 is 19.3 Å². The van der Waals surface area contributed by atoms with Gasteiger partial charge in [0.15, 0.2) is 5.78 Å². The quantitative estimate of drug-likeness (QED) is 0.744. The maximum Gasteiger partial charge on any atom is 0.170 e. The van der Waals surface area contributed by atoms with Crippen molar-refractivity contribution in [2.75, 3.05) is 63.2 Å². The van der Waals surface area contributed by atoms with Crippen LogP contribution in [0.1, 0.15) is 29.0 Å². The standard InChI is InChI=1S/C23H29N5O3/c1-16-24-21(27-10-8-26(2)9-11-27)13-22(25-16)28-7-6-23(15-28)14-19(29)18-12-17(30-3)4-5-20(18)31-23/h4-5,12-13H,6-11,14-15H2,1-3H3. The second-order valence-electron chi connectivity index (χ2n) is 8.84. The van der Waals surface area contributed by atoms with Gasteiger partial charge in [0.2, 0.25) is 0 Å². The Morgan fingerprint density at radius 2 is 1.77 bits per heavy atom. The van der Waals surface area contributed by atoms with Crippen molar-refractivity contribution in [1.29, 1.82) is 0 Å². The Kier molecular flexibility index (Phi) is 4.97. The summed E-state index contributed by atoms with van der Waals surface area (Å²) in [4.78, 5) is 29.2. The molecule has 4 heterocycles. The number of hydrogen-bond acceptors (Lipinski definition) is 8. The van der Waals surface area contributed by atoms with Crippen molar-refractivity contribution in [3.63, 3.8) is 0 Å². The molecule has 0 radical (unpaired) electrons. The van der Waals surface area contributed by atoms with Gasteiger partial charge in [-0.25, -0.2) is 9.97 Å². The van der Waals surface area contributed by atoms with E-state index in [-0.39, 0.29) is 5.78 Å². The molecule has 0 saturated carbocycles. The Balaban J connectivity index is 1.36. The first-order valence-corrected chi connectivity index (χ1v) is 10.9. The maximum atomic E-state index is 12.9. The van der Waals surface area contributed by atoms with E-state index in [2.05, 4.69) is 32.8 Å². The molecular formula is C23H29N5O3. The Morgan fingerprint density at radius 1 is 1.03 bits per heavy atom. The summed E-state index contributed by atoms with van der Waals surface area (Å²) in [7, 11) is 3.75. The minimum absolute atomic E-state index is 0.110. The molecule has 2 saturated heterocycles. The van der Waals surface area contributed by atoms with Gasteiger partial charge in [-0.2, -0.15) is 0 Å². The number of piperazine rings is 1. The van der Waals surface area contributed by atoms with Gasteiger partial charge in [0.25, 0.3) is 0 Å². The van der Waals surface area contributed by atoms with Crippen LogP contribution in [0.4, 0.5) is 11.6 Å². The van der Waals surface area contributed by atoms with Crippen molar-refractivity contribution in [2.24, 2.45) is 0 Å². The number of fused-ring (bicyclic) bond motifs is 1. The molecule has 0 aliphatic carbocycles. The lowest BCUT2D eigenvalue weighted by Crippen LogP contribution is -2.45. The number of aryl methyl sites for hydroxylation is 1. The van der Waals surface area contributed by atoms with Crippen LogP contribution in [0.2, 0.25) is 0 Å². The van der Waals surface area contributed by atoms with Gasteiger partial charge in [-0.1, -0.05) is 0 Å². The number of rotatable bonds is 3. The predicted molar refractivity (Wildman–Crippen MR) is 119 cm³/mol. The average Bonchev–Trinajstić information content (AvgIpc) is 3.16. The lowest BCUT2D eigenvalue weighted by molar-refractivity contribution is 0.0537. The zero-order chi connectivity index (χ0) is 21.6. The van der Waals surface area contributed by atoms with E-state index >= 15 is 0 Å². The molecular weight excluding hydrogens is 394 g/mol. The summed E-state index contributed by atoms with van der Waals surface area (Å²) in [6, 6.07) is 7.54. The van der Waals surface area contributed by atoms with E-state index in [1.54, 1.807) is 13.2 Å². The van der Waals surface area contributed by atoms with Gasteiger partial charge in [0.05, 0.1) is 25.6 Å². The molecule has 3 aliphatic heterocycles. The molecule has 8 nitrogen and oxygen atoms in total. The van der Waals surface area contributed by atoms with Crippen LogP contribution in [0.3, 0.4) is 0 Å². The number of likely N-dealkylation sites (N-methyl/N-ethyl adjacent to an activating group) is 1. The van der Waals surface area contributed by atoms with Crippen LogP contribution >= 0.6 is 0 Å². The first-order chi connectivity index (χ1) is 14.9. The fourth-order valence-electron chi connectivity index (χ4n) is 4.76. The van der Waals surface area contributed by atoms with Gasteiger partial charge < -0.3 is 24.2 Å². The van der Waals surface area contributed by atoms with Gasteiger partial charge >= 0.3 is 0 Å². The molecule has 1 atom stereocenters. The van der Waals surface area contributed by atoms with Crippen LogP contribution in [0.5, 0.6) is 11.5 Å². The van der Waals surface area contributed by atoms with Crippen molar-refractivity contribution in [3.8, 4) is 11.5 Å². The van der Waals surface area contributed by atoms with Gasteiger partial charge in [-0.05, 0) is 32.2 Å². The fraction of sp³-hybridized carbons (Fsp3) is 0.522. The number of nitrogens with zero attached hydrogens (tertiary/aromatic N) is 5. The molecule has 1 aromatic heterocycles. The number of benzene rings is 1. The molecule has 2 aromatic rings. The van der Waals surface area contributed by atoms with Crippen LogP contribution in [0.25, 0.3) is 0 Å². The number of carbonyl (C=O) groups excluding carboxylic acids is 1. The minimum atomic E-state index is -0.508. The Morgan fingerprint density at radius 3 is 2.52 bits per heavy atom. The topological polar surface area (TPSA) is 71.0 Å². The van der Waals surface area contributed by atoms with E-state index < -0.39 is 5.60 Å². The van der Waals surface area contributed by atoms with Crippen molar-refractivity contribution in [3.05, 3.63) is 35.7 Å². The van der Waals surface area contributed by atoms with E-state index in [0.717, 1.165) is 56.6 Å². The molecule has 3 aliphatic rings. The van der Waals surface area contributed by atoms with Crippen molar-refractivity contribution >= 4 is 17.4 Å². The number of Topliss-reactive ketones (excluding diaryl/α,β-unsaturated/α-hetero) is 1. The van der Waals surface area contributed by atoms with Gasteiger partial charge in [-0.3, -0.25) is 4.79 Å². The van der Waals surface area contributed by atoms with Gasteiger partial charge in [0, 0.05) is 45.2 Å². The van der Waals surface area contributed by atoms with E-state index in [0.29, 0.717) is 30.0 Å². The molecule has 1 spiro atoms. The first kappa shape index (κ1) is 20.1. The monoisotopic (exact) mass is 423 g/mol. The lowest BCUT2D eigenvalue weighted by Gasteiger charge is -2.35. The third-order valence-corrected chi connectivity index (χ3v) is 6.57. The maximum absolute atomic E-state index is 12.9. The molecule has 0 amide bonds. The number of ether oxygens (including phenoxy) is 2. The number of carbonyl (C=O) groups is 1. The SMILES string of the molecule is COc1ccc2c(c1)C(=O)CC1(CCN(c3cc(N4CCN(C)CC4)nc(C)n3)C1)O2. The Labute approximate surface area is 182 Å². The molecule has 164 valence electrons. The van der Waals surface area contributed by atoms with Crippen LogP contribution in [-0.4, -0.2) is 79.7 Å². The van der Waals surface area contributed by atoms with Crippen LogP contribution in [-0.2, 0) is 0 Å². The molecule has 0 bridgehead atoms. The van der Waals surface area contributed by atoms with E-state index in [4.69, 9.17) is 14.5 Å². The average molecular weight is 424 g/mol. The minimum Gasteiger partial charge on any atom is -0.497 e. The summed E-state index contributed by atoms with van der Waals surface area (Å²) in [5.41, 5.74) is 0.101. The summed E-state index contributed by atoms with van der Waals surface area (Å²) >= 11 is 0. The predicted octanol–water partition coefficient (Wildman–Crippen LogP) is 2.16. The Hall–Kier alpha value is -2.87. The molecule has 1 aromatic carbocycles. The highest BCUT2D eigenvalue weighted by atomic mass is 16.5. The summed E-state index contributed by atoms with van der Waals surface area (Å²) in [6.45, 7) is 7.39. The number of hydrogen-bond donors (Lipinski definition) is 0. The summed E-state index contributed by atoms with van der Waals surface area (Å²) < 4.78 is 11.7. The van der Waals surface area contributed by atoms with Crippen molar-refractivity contribution < 1.29 is 14.3 Å². The zero-order valence-corrected chi connectivity index (χ0v) is 18.4. The van der Waals surface area contributed by atoms with Gasteiger partial charge in [-0.15, -0.1) is 0 Å². The lowest BCUT2D eigenvalue weighted by atomic mass is 9.89. The fourth-order valence-corrected chi connectivity index (χ4v) is 4.76. The summed E-state index contributed by atoms with van der Waals surface area (Å²) in [5, 5.41) is 0. The highest BCUT2D eigenvalue weighted by molar-refractivity contribution is 6.00. The van der Waals surface area contributed by atoms with E-state index in [9.17, 15) is 4.79 Å². The van der Waals surface area contributed by atoms with Crippen molar-refractivity contribution in [1.82, 2.24) is 14.9 Å².